The van der Waals surface area contributed by atoms with Gasteiger partial charge in [-0.05, 0) is 63.1 Å². The third kappa shape index (κ3) is 4.21. The summed E-state index contributed by atoms with van der Waals surface area (Å²) < 4.78 is 6.74. The molecule has 1 aliphatic heterocycles. The number of nitrogens with one attached hydrogen (secondary N) is 1. The maximum absolute atomic E-state index is 13.5. The fourth-order valence-corrected chi connectivity index (χ4v) is 4.95. The van der Waals surface area contributed by atoms with Crippen LogP contribution in [0, 0.1) is 13.8 Å². The molecule has 7 heteroatoms. The van der Waals surface area contributed by atoms with Gasteiger partial charge in [0.25, 0.3) is 5.56 Å². The number of fused-ring (bicyclic) bond motifs is 2. The number of hydrogen-bond acceptors (Lipinski definition) is 6. The lowest BCUT2D eigenvalue weighted by Gasteiger charge is -2.23. The van der Waals surface area contributed by atoms with Gasteiger partial charge >= 0.3 is 5.97 Å². The Morgan fingerprint density at radius 1 is 1.06 bits per heavy atom. The van der Waals surface area contributed by atoms with Gasteiger partial charge in [-0.2, -0.15) is 9.61 Å². The number of nitrogens with zero attached hydrogens (tertiary/aromatic N) is 3. The van der Waals surface area contributed by atoms with Crippen LogP contribution in [0.2, 0.25) is 0 Å². The van der Waals surface area contributed by atoms with E-state index in [1.165, 1.54) is 15.6 Å². The number of carbonyl (C=O) groups excluding carboxylic acids is 1. The molecule has 0 spiro atoms. The fourth-order valence-electron chi connectivity index (χ4n) is 4.95. The first-order valence-electron chi connectivity index (χ1n) is 12.3. The van der Waals surface area contributed by atoms with Crippen LogP contribution in [0.5, 0.6) is 0 Å². The largest absolute Gasteiger partial charge is 0.462 e. The first kappa shape index (κ1) is 23.6. The van der Waals surface area contributed by atoms with Gasteiger partial charge in [-0.15, -0.1) is 0 Å². The second-order valence-electron chi connectivity index (χ2n) is 9.25. The first-order chi connectivity index (χ1) is 17.4. The van der Waals surface area contributed by atoms with Crippen LogP contribution < -0.4 is 15.8 Å². The number of carbonyl (C=O) groups is 1. The number of anilines is 2. The van der Waals surface area contributed by atoms with E-state index in [1.54, 1.807) is 13.0 Å². The van der Waals surface area contributed by atoms with E-state index in [9.17, 15) is 9.59 Å². The van der Waals surface area contributed by atoms with Crippen LogP contribution >= 0.6 is 0 Å². The van der Waals surface area contributed by atoms with Crippen LogP contribution in [-0.2, 0) is 17.8 Å². The van der Waals surface area contributed by atoms with Crippen LogP contribution in [0.1, 0.15) is 58.2 Å². The molecular formula is C29H30N4O3. The summed E-state index contributed by atoms with van der Waals surface area (Å²) >= 11 is 0. The summed E-state index contributed by atoms with van der Waals surface area (Å²) in [7, 11) is 0. The van der Waals surface area contributed by atoms with Crippen LogP contribution in [-0.4, -0.2) is 22.2 Å². The number of aromatic nitrogens is 2. The summed E-state index contributed by atoms with van der Waals surface area (Å²) in [5.74, 6) is -0.369. The van der Waals surface area contributed by atoms with E-state index in [1.807, 2.05) is 45.0 Å². The van der Waals surface area contributed by atoms with Crippen LogP contribution in [0.15, 0.2) is 65.5 Å². The SMILES string of the molecule is CCOC(=O)c1ccccc1NC(C)c1cc(C)nn2c(=O)c(C)c(N3Cc4ccccc4C3)cc12. The maximum atomic E-state index is 13.5. The van der Waals surface area contributed by atoms with Crippen molar-refractivity contribution in [3.05, 3.63) is 105 Å². The van der Waals surface area contributed by atoms with Crippen molar-refractivity contribution in [3.8, 4) is 0 Å². The summed E-state index contributed by atoms with van der Waals surface area (Å²) in [4.78, 5) is 28.2. The van der Waals surface area contributed by atoms with E-state index < -0.39 is 0 Å². The summed E-state index contributed by atoms with van der Waals surface area (Å²) in [5, 5.41) is 8.01. The van der Waals surface area contributed by atoms with Crippen molar-refractivity contribution in [2.75, 3.05) is 16.8 Å². The molecule has 0 radical (unpaired) electrons. The van der Waals surface area contributed by atoms with Crippen molar-refractivity contribution < 1.29 is 9.53 Å². The topological polar surface area (TPSA) is 75.9 Å². The molecule has 4 aromatic rings. The average Bonchev–Trinajstić information content (AvgIpc) is 3.30. The minimum atomic E-state index is -0.369. The Balaban J connectivity index is 1.57. The molecule has 3 heterocycles. The zero-order chi connectivity index (χ0) is 25.4. The zero-order valence-electron chi connectivity index (χ0n) is 21.0. The van der Waals surface area contributed by atoms with Crippen molar-refractivity contribution in [1.29, 1.82) is 0 Å². The molecule has 1 unspecified atom stereocenters. The van der Waals surface area contributed by atoms with Crippen LogP contribution in [0.25, 0.3) is 5.52 Å². The van der Waals surface area contributed by atoms with Gasteiger partial charge < -0.3 is 15.0 Å². The Bertz CT molecular complexity index is 1500. The van der Waals surface area contributed by atoms with Crippen molar-refractivity contribution in [1.82, 2.24) is 9.61 Å². The standard InChI is InChI=1S/C29H30N4O3/c1-5-36-29(35)23-12-8-9-13-25(23)30-20(4)24-14-18(2)31-33-27(24)15-26(19(3)28(33)34)32-16-21-10-6-7-11-22(21)17-32/h6-15,20,30H,5,16-17H2,1-4H3. The summed E-state index contributed by atoms with van der Waals surface area (Å²) in [6.07, 6.45) is 0. The molecule has 0 aliphatic carbocycles. The predicted octanol–water partition coefficient (Wildman–Crippen LogP) is 5.18. The van der Waals surface area contributed by atoms with Crippen molar-refractivity contribution in [2.24, 2.45) is 0 Å². The van der Waals surface area contributed by atoms with E-state index in [4.69, 9.17) is 4.74 Å². The highest BCUT2D eigenvalue weighted by Crippen LogP contribution is 2.32. The molecule has 0 saturated carbocycles. The number of hydrogen-bond donors (Lipinski definition) is 1. The molecule has 184 valence electrons. The van der Waals surface area contributed by atoms with Gasteiger partial charge in [0.1, 0.15) is 0 Å². The van der Waals surface area contributed by atoms with Crippen LogP contribution in [0.4, 0.5) is 11.4 Å². The Morgan fingerprint density at radius 3 is 2.42 bits per heavy atom. The highest BCUT2D eigenvalue weighted by atomic mass is 16.5. The lowest BCUT2D eigenvalue weighted by atomic mass is 10.0. The van der Waals surface area contributed by atoms with Gasteiger partial charge in [0.2, 0.25) is 0 Å². The van der Waals surface area contributed by atoms with E-state index in [0.29, 0.717) is 23.4 Å². The second-order valence-corrected chi connectivity index (χ2v) is 9.25. The smallest absolute Gasteiger partial charge is 0.340 e. The minimum Gasteiger partial charge on any atom is -0.462 e. The Morgan fingerprint density at radius 2 is 1.72 bits per heavy atom. The van der Waals surface area contributed by atoms with Gasteiger partial charge in [-0.25, -0.2) is 4.79 Å². The molecule has 0 fully saturated rings. The summed E-state index contributed by atoms with van der Waals surface area (Å²) in [5.41, 5.74) is 7.61. The van der Waals surface area contributed by atoms with Gasteiger partial charge in [-0.3, -0.25) is 4.79 Å². The molecule has 1 atom stereocenters. The number of benzene rings is 2. The molecule has 0 bridgehead atoms. The molecule has 36 heavy (non-hydrogen) atoms. The number of para-hydroxylation sites is 1. The molecule has 2 aromatic heterocycles. The molecule has 5 rings (SSSR count). The molecule has 0 amide bonds. The Labute approximate surface area is 210 Å². The summed E-state index contributed by atoms with van der Waals surface area (Å²) in [6.45, 7) is 9.40. The van der Waals surface area contributed by atoms with E-state index in [0.717, 1.165) is 35.6 Å². The molecule has 0 saturated heterocycles. The van der Waals surface area contributed by atoms with Gasteiger partial charge in [0.15, 0.2) is 0 Å². The monoisotopic (exact) mass is 482 g/mol. The number of aryl methyl sites for hydroxylation is 1. The Kier molecular flexibility index (Phi) is 6.22. The Hall–Kier alpha value is -4.13. The molecule has 7 nitrogen and oxygen atoms in total. The van der Waals surface area contributed by atoms with Gasteiger partial charge in [0.05, 0.1) is 29.4 Å². The average molecular weight is 483 g/mol. The van der Waals surface area contributed by atoms with Crippen molar-refractivity contribution >= 4 is 22.9 Å². The quantitative estimate of drug-likeness (QED) is 0.382. The first-order valence-corrected chi connectivity index (χ1v) is 12.3. The lowest BCUT2D eigenvalue weighted by Crippen LogP contribution is -2.26. The number of esters is 1. The number of ether oxygens (including phenoxy) is 1. The van der Waals surface area contributed by atoms with Crippen molar-refractivity contribution in [3.63, 3.8) is 0 Å². The fraction of sp³-hybridized carbons (Fsp3) is 0.276. The number of pyridine rings is 1. The second kappa shape index (κ2) is 9.49. The maximum Gasteiger partial charge on any atom is 0.340 e. The third-order valence-electron chi connectivity index (χ3n) is 6.76. The third-order valence-corrected chi connectivity index (χ3v) is 6.76. The predicted molar refractivity (Wildman–Crippen MR) is 142 cm³/mol. The zero-order valence-corrected chi connectivity index (χ0v) is 21.0. The van der Waals surface area contributed by atoms with E-state index in [2.05, 4.69) is 45.6 Å². The molecular weight excluding hydrogens is 452 g/mol. The normalized spacial score (nSPS) is 13.5. The molecule has 2 aromatic carbocycles. The highest BCUT2D eigenvalue weighted by Gasteiger charge is 2.24. The molecule has 1 aliphatic rings. The van der Waals surface area contributed by atoms with Crippen molar-refractivity contribution in [2.45, 2.75) is 46.8 Å². The minimum absolute atomic E-state index is 0.123. The number of rotatable bonds is 6. The summed E-state index contributed by atoms with van der Waals surface area (Å²) in [6, 6.07) is 19.6. The lowest BCUT2D eigenvalue weighted by molar-refractivity contribution is 0.0527. The van der Waals surface area contributed by atoms with E-state index >= 15 is 0 Å². The van der Waals surface area contributed by atoms with Gasteiger partial charge in [-0.1, -0.05) is 36.4 Å². The van der Waals surface area contributed by atoms with Gasteiger partial charge in [0, 0.05) is 35.6 Å². The molecule has 1 N–H and O–H groups in total. The highest BCUT2D eigenvalue weighted by molar-refractivity contribution is 5.95. The van der Waals surface area contributed by atoms with Crippen LogP contribution in [0.3, 0.4) is 0 Å². The van der Waals surface area contributed by atoms with E-state index in [-0.39, 0.29) is 17.6 Å².